The molecule has 2 aliphatic heterocycles. The second kappa shape index (κ2) is 5.95. The van der Waals surface area contributed by atoms with Crippen LogP contribution in [0.15, 0.2) is 0 Å². The van der Waals surface area contributed by atoms with E-state index in [-0.39, 0.29) is 13.2 Å². The Morgan fingerprint density at radius 2 is 1.37 bits per heavy atom. The molecule has 0 spiro atoms. The van der Waals surface area contributed by atoms with Crippen molar-refractivity contribution in [3.05, 3.63) is 0 Å². The van der Waals surface area contributed by atoms with Gasteiger partial charge in [0.1, 0.15) is 36.6 Å². The number of aliphatic hydroxyl groups is 6. The molecule has 2 heterocycles. The van der Waals surface area contributed by atoms with E-state index in [1.807, 2.05) is 0 Å². The van der Waals surface area contributed by atoms with Crippen molar-refractivity contribution in [1.29, 1.82) is 0 Å². The molecule has 9 nitrogen and oxygen atoms in total. The summed E-state index contributed by atoms with van der Waals surface area (Å²) in [6, 6.07) is 0. The lowest BCUT2D eigenvalue weighted by Gasteiger charge is -2.41. The van der Waals surface area contributed by atoms with Gasteiger partial charge in [0.2, 0.25) is 0 Å². The molecule has 0 unspecified atom stereocenters. The molecule has 0 saturated carbocycles. The van der Waals surface area contributed by atoms with Gasteiger partial charge in [-0.05, 0) is 0 Å². The van der Waals surface area contributed by atoms with Crippen molar-refractivity contribution in [2.75, 3.05) is 13.2 Å². The van der Waals surface area contributed by atoms with Crippen molar-refractivity contribution in [2.24, 2.45) is 0 Å². The first-order chi connectivity index (χ1) is 8.91. The molecule has 2 rings (SSSR count). The molecule has 8 atom stereocenters. The van der Waals surface area contributed by atoms with Crippen LogP contribution in [0.25, 0.3) is 0 Å². The Morgan fingerprint density at radius 1 is 0.737 bits per heavy atom. The van der Waals surface area contributed by atoms with E-state index in [9.17, 15) is 30.6 Å². The van der Waals surface area contributed by atoms with E-state index < -0.39 is 49.2 Å². The number of rotatable bonds is 2. The van der Waals surface area contributed by atoms with E-state index in [2.05, 4.69) is 4.74 Å². The Balaban J connectivity index is 1.99. The smallest absolute Gasteiger partial charge is 0.186 e. The summed E-state index contributed by atoms with van der Waals surface area (Å²) in [6.07, 6.45) is -11.1. The average molecular weight is 282 g/mol. The van der Waals surface area contributed by atoms with Crippen LogP contribution in [-0.2, 0) is 14.2 Å². The van der Waals surface area contributed by atoms with Gasteiger partial charge in [-0.1, -0.05) is 0 Å². The maximum atomic E-state index is 9.66. The van der Waals surface area contributed by atoms with Crippen LogP contribution in [0.4, 0.5) is 0 Å². The first kappa shape index (κ1) is 15.0. The Labute approximate surface area is 108 Å². The highest BCUT2D eigenvalue weighted by molar-refractivity contribution is 4.87. The maximum Gasteiger partial charge on any atom is 0.186 e. The predicted molar refractivity (Wildman–Crippen MR) is 56.6 cm³/mol. The first-order valence-electron chi connectivity index (χ1n) is 5.89. The SMILES string of the molecule is O[C@@H]1[C@H](O[C@H]2[C@@H](O)[C@H](O)OC[C@@H]2O)OC[C@H](O)[C@H]1O. The molecule has 0 aliphatic carbocycles. The normalized spacial score (nSPS) is 52.1. The van der Waals surface area contributed by atoms with Gasteiger partial charge in [0.25, 0.3) is 0 Å². The molecule has 2 fully saturated rings. The highest BCUT2D eigenvalue weighted by atomic mass is 16.7. The van der Waals surface area contributed by atoms with Crippen molar-refractivity contribution < 1.29 is 44.8 Å². The molecule has 0 radical (unpaired) electrons. The number of hydrogen-bond donors (Lipinski definition) is 6. The molecule has 0 amide bonds. The summed E-state index contributed by atoms with van der Waals surface area (Å²) >= 11 is 0. The van der Waals surface area contributed by atoms with Crippen molar-refractivity contribution in [1.82, 2.24) is 0 Å². The van der Waals surface area contributed by atoms with Crippen LogP contribution in [0.3, 0.4) is 0 Å². The zero-order valence-corrected chi connectivity index (χ0v) is 9.94. The molecule has 0 aromatic heterocycles. The van der Waals surface area contributed by atoms with Crippen LogP contribution < -0.4 is 0 Å². The van der Waals surface area contributed by atoms with E-state index in [0.717, 1.165) is 0 Å². The quantitative estimate of drug-likeness (QED) is 0.297. The Morgan fingerprint density at radius 3 is 2.05 bits per heavy atom. The molecule has 9 heteroatoms. The highest BCUT2D eigenvalue weighted by Crippen LogP contribution is 2.23. The van der Waals surface area contributed by atoms with Crippen LogP contribution in [0.2, 0.25) is 0 Å². The van der Waals surface area contributed by atoms with Gasteiger partial charge in [-0.3, -0.25) is 0 Å². The molecule has 0 bridgehead atoms. The zero-order chi connectivity index (χ0) is 14.2. The fourth-order valence-electron chi connectivity index (χ4n) is 2.01. The molecule has 112 valence electrons. The maximum absolute atomic E-state index is 9.66. The third-order valence-electron chi connectivity index (χ3n) is 3.19. The summed E-state index contributed by atoms with van der Waals surface area (Å²) < 4.78 is 14.8. The average Bonchev–Trinajstić information content (AvgIpc) is 2.39. The van der Waals surface area contributed by atoms with E-state index in [0.29, 0.717) is 0 Å². The summed E-state index contributed by atoms with van der Waals surface area (Å²) in [7, 11) is 0. The van der Waals surface area contributed by atoms with Crippen molar-refractivity contribution in [2.45, 2.75) is 49.2 Å². The third-order valence-corrected chi connectivity index (χ3v) is 3.19. The topological polar surface area (TPSA) is 149 Å². The molecule has 2 aliphatic rings. The summed E-state index contributed by atoms with van der Waals surface area (Å²) in [5, 5.41) is 57.0. The van der Waals surface area contributed by atoms with Crippen LogP contribution >= 0.6 is 0 Å². The van der Waals surface area contributed by atoms with Gasteiger partial charge in [-0.2, -0.15) is 0 Å². The fraction of sp³-hybridized carbons (Fsp3) is 1.00. The molecular weight excluding hydrogens is 264 g/mol. The van der Waals surface area contributed by atoms with Gasteiger partial charge in [-0.15, -0.1) is 0 Å². The van der Waals surface area contributed by atoms with Crippen LogP contribution in [0.5, 0.6) is 0 Å². The molecule has 19 heavy (non-hydrogen) atoms. The Kier molecular flexibility index (Phi) is 4.71. The van der Waals surface area contributed by atoms with Crippen molar-refractivity contribution >= 4 is 0 Å². The van der Waals surface area contributed by atoms with Crippen LogP contribution in [0, 0.1) is 0 Å². The minimum absolute atomic E-state index is 0.253. The van der Waals surface area contributed by atoms with E-state index in [1.54, 1.807) is 0 Å². The monoisotopic (exact) mass is 282 g/mol. The standard InChI is InChI=1S/C10H18O9/c11-3-1-18-10(6(14)5(3)13)19-8-4(12)2-17-9(16)7(8)15/h3-16H,1-2H2/t3-,4-,5+,6-,7+,8+,9+,10-/m0/s1. The zero-order valence-electron chi connectivity index (χ0n) is 9.94. The van der Waals surface area contributed by atoms with Gasteiger partial charge in [0.15, 0.2) is 12.6 Å². The molecule has 0 aromatic carbocycles. The van der Waals surface area contributed by atoms with Crippen LogP contribution in [-0.4, -0.2) is 93.1 Å². The second-order valence-electron chi connectivity index (χ2n) is 4.63. The lowest BCUT2D eigenvalue weighted by Crippen LogP contribution is -2.60. The second-order valence-corrected chi connectivity index (χ2v) is 4.63. The summed E-state index contributed by atoms with van der Waals surface area (Å²) in [5.41, 5.74) is 0. The minimum atomic E-state index is -1.54. The summed E-state index contributed by atoms with van der Waals surface area (Å²) in [6.45, 7) is -0.516. The fourth-order valence-corrected chi connectivity index (χ4v) is 2.01. The number of aliphatic hydroxyl groups excluding tert-OH is 6. The van der Waals surface area contributed by atoms with Gasteiger partial charge in [-0.25, -0.2) is 0 Å². The Hall–Kier alpha value is -0.360. The Bertz CT molecular complexity index is 301. The molecular formula is C10H18O9. The predicted octanol–water partition coefficient (Wildman–Crippen LogP) is -4.12. The lowest BCUT2D eigenvalue weighted by molar-refractivity contribution is -0.329. The van der Waals surface area contributed by atoms with Gasteiger partial charge in [0, 0.05) is 0 Å². The first-order valence-corrected chi connectivity index (χ1v) is 5.89. The van der Waals surface area contributed by atoms with Gasteiger partial charge in [0.05, 0.1) is 13.2 Å². The van der Waals surface area contributed by atoms with Crippen LogP contribution in [0.1, 0.15) is 0 Å². The largest absolute Gasteiger partial charge is 0.388 e. The van der Waals surface area contributed by atoms with Crippen molar-refractivity contribution in [3.63, 3.8) is 0 Å². The summed E-state index contributed by atoms with van der Waals surface area (Å²) in [4.78, 5) is 0. The lowest BCUT2D eigenvalue weighted by atomic mass is 10.0. The van der Waals surface area contributed by atoms with E-state index >= 15 is 0 Å². The number of hydrogen-bond acceptors (Lipinski definition) is 9. The molecule has 0 aromatic rings. The number of ether oxygens (including phenoxy) is 3. The van der Waals surface area contributed by atoms with E-state index in [4.69, 9.17) is 9.47 Å². The van der Waals surface area contributed by atoms with E-state index in [1.165, 1.54) is 0 Å². The third kappa shape index (κ3) is 3.05. The van der Waals surface area contributed by atoms with Crippen molar-refractivity contribution in [3.8, 4) is 0 Å². The highest BCUT2D eigenvalue weighted by Gasteiger charge is 2.45. The minimum Gasteiger partial charge on any atom is -0.388 e. The summed E-state index contributed by atoms with van der Waals surface area (Å²) in [5.74, 6) is 0. The van der Waals surface area contributed by atoms with Gasteiger partial charge < -0.3 is 44.8 Å². The molecule has 2 saturated heterocycles. The van der Waals surface area contributed by atoms with Gasteiger partial charge >= 0.3 is 0 Å². The molecule has 6 N–H and O–H groups in total.